The van der Waals surface area contributed by atoms with E-state index in [1.807, 2.05) is 0 Å². The van der Waals surface area contributed by atoms with E-state index in [-0.39, 0.29) is 25.4 Å². The summed E-state index contributed by atoms with van der Waals surface area (Å²) >= 11 is 0. The van der Waals surface area contributed by atoms with Crippen molar-refractivity contribution in [2.75, 3.05) is 0 Å². The van der Waals surface area contributed by atoms with Gasteiger partial charge in [0.25, 0.3) is 23.9 Å². The largest absolute Gasteiger partial charge is 0.481 e. The Balaban J connectivity index is -0.0000000331. The van der Waals surface area contributed by atoms with Gasteiger partial charge in [-0.05, 0) is 0 Å². The summed E-state index contributed by atoms with van der Waals surface area (Å²) in [5, 5.41) is 29.7. The van der Waals surface area contributed by atoms with E-state index >= 15 is 0 Å². The maximum Gasteiger partial charge on any atom is 0.300 e. The Morgan fingerprint density at radius 3 is 0.571 bits per heavy atom. The minimum atomic E-state index is -0.833. The van der Waals surface area contributed by atoms with E-state index in [4.69, 9.17) is 39.6 Å². The van der Waals surface area contributed by atoms with Crippen molar-refractivity contribution in [1.82, 2.24) is 0 Å². The van der Waals surface area contributed by atoms with Crippen molar-refractivity contribution in [2.45, 2.75) is 34.6 Å². The number of amides is 1. The Kier molecular flexibility index (Phi) is 53.4. The van der Waals surface area contributed by atoms with Gasteiger partial charge in [0.15, 0.2) is 0 Å². The SMILES string of the molecule is CC(=O)O.CC(=O)O.CC(=O)O.CC(=O)O.CC(N)=O.[Zn]. The van der Waals surface area contributed by atoms with Gasteiger partial charge in [-0.1, -0.05) is 0 Å². The molecule has 0 aromatic carbocycles. The van der Waals surface area contributed by atoms with Crippen molar-refractivity contribution >= 4 is 29.8 Å². The normalized spacial score (nSPS) is 5.95. The second kappa shape index (κ2) is 30.8. The van der Waals surface area contributed by atoms with Crippen LogP contribution in [0.3, 0.4) is 0 Å². The minimum absolute atomic E-state index is 0. The fourth-order valence-electron chi connectivity index (χ4n) is 0. The average Bonchev–Trinajstić information content (AvgIpc) is 1.94. The number of carboxylic acids is 4. The maximum absolute atomic E-state index is 9.22. The molecule has 0 aliphatic rings. The van der Waals surface area contributed by atoms with Gasteiger partial charge in [0.2, 0.25) is 5.91 Å². The van der Waals surface area contributed by atoms with Crippen LogP contribution in [0.2, 0.25) is 0 Å². The molecule has 122 valence electrons. The van der Waals surface area contributed by atoms with Gasteiger partial charge in [0, 0.05) is 54.1 Å². The van der Waals surface area contributed by atoms with E-state index < -0.39 is 23.9 Å². The first-order chi connectivity index (χ1) is 8.66. The number of hydrogen-bond acceptors (Lipinski definition) is 5. The molecule has 0 fully saturated rings. The summed E-state index contributed by atoms with van der Waals surface area (Å²) in [5.41, 5.74) is 4.47. The number of nitrogens with two attached hydrogens (primary N) is 1. The summed E-state index contributed by atoms with van der Waals surface area (Å²) < 4.78 is 0. The van der Waals surface area contributed by atoms with Gasteiger partial charge in [-0.25, -0.2) is 0 Å². The molecule has 10 nitrogen and oxygen atoms in total. The zero-order valence-corrected chi connectivity index (χ0v) is 15.6. The van der Waals surface area contributed by atoms with Crippen LogP contribution in [-0.4, -0.2) is 50.2 Å². The molecule has 6 N–H and O–H groups in total. The van der Waals surface area contributed by atoms with Gasteiger partial charge in [0.1, 0.15) is 0 Å². The Morgan fingerprint density at radius 1 is 0.571 bits per heavy atom. The van der Waals surface area contributed by atoms with Crippen LogP contribution in [0, 0.1) is 0 Å². The molecule has 11 heteroatoms. The fraction of sp³-hybridized carbons (Fsp3) is 0.500. The predicted molar refractivity (Wildman–Crippen MR) is 68.1 cm³/mol. The molecular weight excluding hydrogens is 343 g/mol. The summed E-state index contributed by atoms with van der Waals surface area (Å²) in [6.45, 7) is 5.64. The average molecular weight is 365 g/mol. The molecule has 0 saturated heterocycles. The van der Waals surface area contributed by atoms with Crippen molar-refractivity contribution in [1.29, 1.82) is 0 Å². The van der Waals surface area contributed by atoms with Crippen molar-refractivity contribution in [3.63, 3.8) is 0 Å². The number of carbonyl (C=O) groups excluding carboxylic acids is 1. The van der Waals surface area contributed by atoms with Gasteiger partial charge in [-0.15, -0.1) is 0 Å². The van der Waals surface area contributed by atoms with Crippen LogP contribution < -0.4 is 5.73 Å². The zero-order valence-electron chi connectivity index (χ0n) is 12.6. The molecule has 21 heavy (non-hydrogen) atoms. The molecule has 1 amide bonds. The second-order valence-corrected chi connectivity index (χ2v) is 2.69. The number of aliphatic carboxylic acids is 4. The summed E-state index contributed by atoms with van der Waals surface area (Å²) in [6, 6.07) is 0. The smallest absolute Gasteiger partial charge is 0.300 e. The molecule has 0 aromatic heterocycles. The van der Waals surface area contributed by atoms with Crippen molar-refractivity contribution < 1.29 is 63.9 Å². The van der Waals surface area contributed by atoms with Crippen LogP contribution in [0.1, 0.15) is 34.6 Å². The van der Waals surface area contributed by atoms with E-state index in [2.05, 4.69) is 5.73 Å². The maximum atomic E-state index is 9.22. The van der Waals surface area contributed by atoms with Gasteiger partial charge in [-0.2, -0.15) is 0 Å². The van der Waals surface area contributed by atoms with Crippen LogP contribution in [0.5, 0.6) is 0 Å². The molecular formula is C10H21NO9Zn. The predicted octanol–water partition coefficient (Wildman–Crippen LogP) is -0.147. The number of carboxylic acid groups (broad SMARTS) is 4. The number of primary amides is 1. The van der Waals surface area contributed by atoms with Crippen molar-refractivity contribution in [3.05, 3.63) is 0 Å². The standard InChI is InChI=1S/C2H5NO.4C2H4O2.Zn/c5*1-2(3)4;/h1H3,(H2,3,4);4*1H3,(H,3,4);. The summed E-state index contributed by atoms with van der Waals surface area (Å²) in [6.07, 6.45) is 0. The molecule has 0 bridgehead atoms. The number of carbonyl (C=O) groups is 5. The Hall–Kier alpha value is -2.03. The third-order valence-electron chi connectivity index (χ3n) is 0. The van der Waals surface area contributed by atoms with Gasteiger partial charge in [-0.3, -0.25) is 24.0 Å². The quantitative estimate of drug-likeness (QED) is 0.363. The summed E-state index contributed by atoms with van der Waals surface area (Å²) in [7, 11) is 0. The van der Waals surface area contributed by atoms with E-state index in [9.17, 15) is 4.79 Å². The zero-order chi connectivity index (χ0) is 17.9. The Morgan fingerprint density at radius 2 is 0.571 bits per heavy atom. The topological polar surface area (TPSA) is 192 Å². The van der Waals surface area contributed by atoms with Gasteiger partial charge >= 0.3 is 0 Å². The number of hydrogen-bond donors (Lipinski definition) is 5. The number of rotatable bonds is 0. The Labute approximate surface area is 134 Å². The van der Waals surface area contributed by atoms with Crippen LogP contribution in [-0.2, 0) is 43.5 Å². The molecule has 0 heterocycles. The summed E-state index contributed by atoms with van der Waals surface area (Å²) in [4.78, 5) is 45.2. The third kappa shape index (κ3) is 1120. The second-order valence-electron chi connectivity index (χ2n) is 2.69. The van der Waals surface area contributed by atoms with Crippen LogP contribution in [0.15, 0.2) is 0 Å². The first kappa shape index (κ1) is 36.4. The van der Waals surface area contributed by atoms with Crippen LogP contribution >= 0.6 is 0 Å². The Bertz CT molecular complexity index is 215. The van der Waals surface area contributed by atoms with E-state index in [1.54, 1.807) is 0 Å². The van der Waals surface area contributed by atoms with Crippen LogP contribution in [0.4, 0.5) is 0 Å². The molecule has 0 aliphatic heterocycles. The van der Waals surface area contributed by atoms with E-state index in [0.29, 0.717) is 0 Å². The first-order valence-corrected chi connectivity index (χ1v) is 4.70. The molecule has 0 rings (SSSR count). The van der Waals surface area contributed by atoms with Gasteiger partial charge < -0.3 is 26.2 Å². The minimum Gasteiger partial charge on any atom is -0.481 e. The van der Waals surface area contributed by atoms with E-state index in [0.717, 1.165) is 27.7 Å². The molecule has 0 atom stereocenters. The molecule has 0 aliphatic carbocycles. The third-order valence-corrected chi connectivity index (χ3v) is 0. The van der Waals surface area contributed by atoms with E-state index in [1.165, 1.54) is 6.92 Å². The molecule has 0 saturated carbocycles. The molecule has 0 spiro atoms. The van der Waals surface area contributed by atoms with Crippen molar-refractivity contribution in [3.8, 4) is 0 Å². The first-order valence-electron chi connectivity index (χ1n) is 4.70. The molecule has 0 radical (unpaired) electrons. The molecule has 0 aromatic rings. The monoisotopic (exact) mass is 363 g/mol. The molecule has 0 unspecified atom stereocenters. The van der Waals surface area contributed by atoms with Crippen molar-refractivity contribution in [2.24, 2.45) is 5.73 Å². The van der Waals surface area contributed by atoms with Gasteiger partial charge in [0.05, 0.1) is 0 Å². The summed E-state index contributed by atoms with van der Waals surface area (Å²) in [5.74, 6) is -3.67. The fourth-order valence-corrected chi connectivity index (χ4v) is 0. The van der Waals surface area contributed by atoms with Crippen LogP contribution in [0.25, 0.3) is 0 Å².